The molecule has 0 atom stereocenters. The van der Waals surface area contributed by atoms with E-state index in [1.165, 1.54) is 26.5 Å². The molecule has 0 aliphatic rings. The molecule has 2 aromatic heterocycles. The molecule has 0 spiro atoms. The summed E-state index contributed by atoms with van der Waals surface area (Å²) in [6, 6.07) is 6.39. The van der Waals surface area contributed by atoms with E-state index in [0.717, 1.165) is 4.90 Å². The fraction of sp³-hybridized carbons (Fsp3) is 0.435. The van der Waals surface area contributed by atoms with Crippen molar-refractivity contribution in [1.82, 2.24) is 14.5 Å². The average Bonchev–Trinajstić information content (AvgIpc) is 3.19. The molecule has 0 saturated carbocycles. The maximum absolute atomic E-state index is 12.9. The zero-order valence-corrected chi connectivity index (χ0v) is 19.5. The summed E-state index contributed by atoms with van der Waals surface area (Å²) in [5, 5.41) is 0. The van der Waals surface area contributed by atoms with E-state index in [1.54, 1.807) is 25.1 Å². The van der Waals surface area contributed by atoms with E-state index in [0.29, 0.717) is 47.9 Å². The largest absolute Gasteiger partial charge is 0.494 e. The van der Waals surface area contributed by atoms with Crippen molar-refractivity contribution in [2.75, 3.05) is 45.4 Å². The standard InChI is InChI=1S/C23H27F3N4O4/c1-5-29(14-23(24,25)26)19-8-7-15(13-27-19)21-28-17-11-16(22(31)33-4)12-18(32-3)20(17)30(21)9-10-34-6-2/h7-8,11-13H,5-6,9-10,14H2,1-4H3. The fourth-order valence-electron chi connectivity index (χ4n) is 3.64. The third-order valence-corrected chi connectivity index (χ3v) is 5.19. The van der Waals surface area contributed by atoms with Crippen LogP contribution in [0.25, 0.3) is 22.4 Å². The summed E-state index contributed by atoms with van der Waals surface area (Å²) in [5.74, 6) is 0.639. The number of imidazole rings is 1. The summed E-state index contributed by atoms with van der Waals surface area (Å²) in [5.41, 5.74) is 2.04. The molecule has 0 fully saturated rings. The predicted molar refractivity (Wildman–Crippen MR) is 121 cm³/mol. The molecular weight excluding hydrogens is 453 g/mol. The van der Waals surface area contributed by atoms with Crippen molar-refractivity contribution in [2.24, 2.45) is 0 Å². The van der Waals surface area contributed by atoms with Gasteiger partial charge in [-0.15, -0.1) is 0 Å². The molecule has 0 aliphatic heterocycles. The van der Waals surface area contributed by atoms with Gasteiger partial charge in [0.05, 0.1) is 31.9 Å². The number of carbonyl (C=O) groups is 1. The maximum atomic E-state index is 12.9. The number of esters is 1. The molecule has 0 amide bonds. The number of methoxy groups -OCH3 is 2. The first-order valence-corrected chi connectivity index (χ1v) is 10.7. The molecule has 0 N–H and O–H groups in total. The Hall–Kier alpha value is -3.34. The minimum Gasteiger partial charge on any atom is -0.494 e. The van der Waals surface area contributed by atoms with Crippen LogP contribution in [0.15, 0.2) is 30.5 Å². The van der Waals surface area contributed by atoms with E-state index in [4.69, 9.17) is 14.2 Å². The molecular formula is C23H27F3N4O4. The highest BCUT2D eigenvalue weighted by molar-refractivity contribution is 5.97. The third-order valence-electron chi connectivity index (χ3n) is 5.19. The van der Waals surface area contributed by atoms with E-state index >= 15 is 0 Å². The second-order valence-corrected chi connectivity index (χ2v) is 7.36. The number of rotatable bonds is 10. The zero-order valence-electron chi connectivity index (χ0n) is 19.5. The molecule has 2 heterocycles. The van der Waals surface area contributed by atoms with Crippen molar-refractivity contribution in [2.45, 2.75) is 26.6 Å². The lowest BCUT2D eigenvalue weighted by Crippen LogP contribution is -2.34. The predicted octanol–water partition coefficient (Wildman–Crippen LogP) is 4.32. The number of ether oxygens (including phenoxy) is 3. The Morgan fingerprint density at radius 1 is 1.18 bits per heavy atom. The van der Waals surface area contributed by atoms with E-state index in [-0.39, 0.29) is 17.9 Å². The van der Waals surface area contributed by atoms with Gasteiger partial charge in [0, 0.05) is 31.5 Å². The van der Waals surface area contributed by atoms with E-state index < -0.39 is 18.7 Å². The van der Waals surface area contributed by atoms with E-state index in [2.05, 4.69) is 9.97 Å². The van der Waals surface area contributed by atoms with Gasteiger partial charge < -0.3 is 23.7 Å². The zero-order chi connectivity index (χ0) is 24.9. The first-order valence-electron chi connectivity index (χ1n) is 10.7. The van der Waals surface area contributed by atoms with Crippen molar-refractivity contribution in [3.8, 4) is 17.1 Å². The quantitative estimate of drug-likeness (QED) is 0.316. The number of aromatic nitrogens is 3. The summed E-state index contributed by atoms with van der Waals surface area (Å²) in [6.45, 7) is 3.97. The highest BCUT2D eigenvalue weighted by Gasteiger charge is 2.31. The number of hydrogen-bond acceptors (Lipinski definition) is 7. The van der Waals surface area contributed by atoms with Crippen LogP contribution < -0.4 is 9.64 Å². The molecule has 0 aliphatic carbocycles. The van der Waals surface area contributed by atoms with Crippen molar-refractivity contribution >= 4 is 22.8 Å². The van der Waals surface area contributed by atoms with Crippen molar-refractivity contribution in [3.63, 3.8) is 0 Å². The lowest BCUT2D eigenvalue weighted by molar-refractivity contribution is -0.119. The Kier molecular flexibility index (Phi) is 7.98. The Bertz CT molecular complexity index is 1130. The number of carbonyl (C=O) groups excluding carboxylic acids is 1. The molecule has 11 heteroatoms. The molecule has 3 aromatic rings. The third kappa shape index (κ3) is 5.58. The number of halogens is 3. The molecule has 3 rings (SSSR count). The number of fused-ring (bicyclic) bond motifs is 1. The minimum absolute atomic E-state index is 0.159. The first-order chi connectivity index (χ1) is 16.2. The summed E-state index contributed by atoms with van der Waals surface area (Å²) >= 11 is 0. The molecule has 0 bridgehead atoms. The van der Waals surface area contributed by atoms with Crippen LogP contribution in [-0.4, -0.2) is 67.2 Å². The van der Waals surface area contributed by atoms with Gasteiger partial charge in [-0.05, 0) is 38.1 Å². The van der Waals surface area contributed by atoms with Gasteiger partial charge in [-0.2, -0.15) is 13.2 Å². The van der Waals surface area contributed by atoms with Crippen LogP contribution in [0.1, 0.15) is 24.2 Å². The second kappa shape index (κ2) is 10.7. The van der Waals surface area contributed by atoms with Crippen LogP contribution in [0.3, 0.4) is 0 Å². The number of benzene rings is 1. The summed E-state index contributed by atoms with van der Waals surface area (Å²) < 4.78 is 56.4. The van der Waals surface area contributed by atoms with Gasteiger partial charge in [0.25, 0.3) is 0 Å². The lowest BCUT2D eigenvalue weighted by Gasteiger charge is -2.23. The van der Waals surface area contributed by atoms with Gasteiger partial charge in [-0.3, -0.25) is 0 Å². The summed E-state index contributed by atoms with van der Waals surface area (Å²) in [4.78, 5) is 22.2. The van der Waals surface area contributed by atoms with Crippen LogP contribution in [-0.2, 0) is 16.0 Å². The molecule has 0 radical (unpaired) electrons. The Balaban J connectivity index is 2.09. The number of hydrogen-bond donors (Lipinski definition) is 0. The molecule has 1 aromatic carbocycles. The van der Waals surface area contributed by atoms with Crippen molar-refractivity contribution in [1.29, 1.82) is 0 Å². The second-order valence-electron chi connectivity index (χ2n) is 7.36. The molecule has 184 valence electrons. The molecule has 0 unspecified atom stereocenters. The van der Waals surface area contributed by atoms with Crippen LogP contribution in [0.4, 0.5) is 19.0 Å². The maximum Gasteiger partial charge on any atom is 0.405 e. The molecule has 8 nitrogen and oxygen atoms in total. The van der Waals surface area contributed by atoms with Gasteiger partial charge in [0.2, 0.25) is 0 Å². The van der Waals surface area contributed by atoms with Crippen molar-refractivity contribution < 1.29 is 32.2 Å². The van der Waals surface area contributed by atoms with Gasteiger partial charge in [0.15, 0.2) is 0 Å². The average molecular weight is 480 g/mol. The van der Waals surface area contributed by atoms with E-state index in [1.807, 2.05) is 11.5 Å². The van der Waals surface area contributed by atoms with Crippen LogP contribution >= 0.6 is 0 Å². The first kappa shape index (κ1) is 25.3. The lowest BCUT2D eigenvalue weighted by atomic mass is 10.2. The number of alkyl halides is 3. The van der Waals surface area contributed by atoms with Gasteiger partial charge >= 0.3 is 12.1 Å². The fourth-order valence-corrected chi connectivity index (χ4v) is 3.64. The molecule has 34 heavy (non-hydrogen) atoms. The number of nitrogens with zero attached hydrogens (tertiary/aromatic N) is 4. The normalized spacial score (nSPS) is 11.6. The molecule has 0 saturated heterocycles. The van der Waals surface area contributed by atoms with E-state index in [9.17, 15) is 18.0 Å². The monoisotopic (exact) mass is 480 g/mol. The van der Waals surface area contributed by atoms with Crippen LogP contribution in [0, 0.1) is 0 Å². The minimum atomic E-state index is -4.34. The van der Waals surface area contributed by atoms with Gasteiger partial charge in [0.1, 0.15) is 29.5 Å². The topological polar surface area (TPSA) is 78.7 Å². The van der Waals surface area contributed by atoms with Gasteiger partial charge in [-0.25, -0.2) is 14.8 Å². The number of pyridine rings is 1. The number of anilines is 1. The Morgan fingerprint density at radius 2 is 1.94 bits per heavy atom. The Labute approximate surface area is 195 Å². The van der Waals surface area contributed by atoms with Crippen molar-refractivity contribution in [3.05, 3.63) is 36.0 Å². The van der Waals surface area contributed by atoms with Crippen LogP contribution in [0.5, 0.6) is 5.75 Å². The highest BCUT2D eigenvalue weighted by atomic mass is 19.4. The summed E-state index contributed by atoms with van der Waals surface area (Å²) in [7, 11) is 2.78. The smallest absolute Gasteiger partial charge is 0.405 e. The summed E-state index contributed by atoms with van der Waals surface area (Å²) in [6.07, 6.45) is -2.85. The highest BCUT2D eigenvalue weighted by Crippen LogP contribution is 2.33. The Morgan fingerprint density at radius 3 is 2.50 bits per heavy atom. The van der Waals surface area contributed by atoms with Crippen LogP contribution in [0.2, 0.25) is 0 Å². The SMILES string of the molecule is CCOCCn1c(-c2ccc(N(CC)CC(F)(F)F)nc2)nc2cc(C(=O)OC)cc(OC)c21. The van der Waals surface area contributed by atoms with Gasteiger partial charge in [-0.1, -0.05) is 0 Å².